The van der Waals surface area contributed by atoms with E-state index in [9.17, 15) is 4.79 Å². The van der Waals surface area contributed by atoms with E-state index in [2.05, 4.69) is 15.0 Å². The van der Waals surface area contributed by atoms with E-state index in [0.717, 1.165) is 29.1 Å². The molecule has 3 aromatic rings. The van der Waals surface area contributed by atoms with Crippen LogP contribution in [-0.2, 0) is 13.0 Å². The molecule has 118 valence electrons. The molecule has 0 fully saturated rings. The topological polar surface area (TPSA) is 59.0 Å². The second-order valence-corrected chi connectivity index (χ2v) is 5.75. The van der Waals surface area contributed by atoms with Crippen LogP contribution in [0.25, 0.3) is 11.4 Å². The molecule has 0 atom stereocenters. The Balaban J connectivity index is 1.57. The molecule has 1 aliphatic heterocycles. The summed E-state index contributed by atoms with van der Waals surface area (Å²) in [7, 11) is 0. The highest BCUT2D eigenvalue weighted by atomic mass is 16.2. The molecule has 0 saturated carbocycles. The lowest BCUT2D eigenvalue weighted by Crippen LogP contribution is -2.36. The van der Waals surface area contributed by atoms with Crippen molar-refractivity contribution in [3.63, 3.8) is 0 Å². The number of carbonyl (C=O) groups excluding carboxylic acids is 1. The Morgan fingerprint density at radius 3 is 2.71 bits per heavy atom. The summed E-state index contributed by atoms with van der Waals surface area (Å²) in [6.45, 7) is 1.20. The minimum atomic E-state index is 0.000820. The molecule has 0 saturated heterocycles. The monoisotopic (exact) mass is 316 g/mol. The van der Waals surface area contributed by atoms with Gasteiger partial charge in [0.25, 0.3) is 5.91 Å². The number of rotatable bonds is 2. The van der Waals surface area contributed by atoms with E-state index in [-0.39, 0.29) is 5.91 Å². The van der Waals surface area contributed by atoms with Crippen molar-refractivity contribution in [1.29, 1.82) is 0 Å². The van der Waals surface area contributed by atoms with Gasteiger partial charge in [-0.15, -0.1) is 0 Å². The number of nitrogens with zero attached hydrogens (tertiary/aromatic N) is 4. The van der Waals surface area contributed by atoms with Crippen LogP contribution in [-0.4, -0.2) is 32.3 Å². The van der Waals surface area contributed by atoms with Crippen molar-refractivity contribution in [2.24, 2.45) is 0 Å². The maximum atomic E-state index is 12.5. The first-order valence-electron chi connectivity index (χ1n) is 7.91. The lowest BCUT2D eigenvalue weighted by atomic mass is 10.1. The van der Waals surface area contributed by atoms with E-state index >= 15 is 0 Å². The van der Waals surface area contributed by atoms with E-state index < -0.39 is 0 Å². The molecular weight excluding hydrogens is 300 g/mol. The molecule has 4 rings (SSSR count). The molecule has 1 aliphatic rings. The number of hydrogen-bond donors (Lipinski definition) is 0. The van der Waals surface area contributed by atoms with Crippen molar-refractivity contribution in [3.8, 4) is 11.4 Å². The summed E-state index contributed by atoms with van der Waals surface area (Å²) < 4.78 is 0. The summed E-state index contributed by atoms with van der Waals surface area (Å²) in [6, 6.07) is 13.5. The van der Waals surface area contributed by atoms with Gasteiger partial charge in [-0.1, -0.05) is 30.3 Å². The molecule has 0 spiro atoms. The molecule has 5 nitrogen and oxygen atoms in total. The van der Waals surface area contributed by atoms with Gasteiger partial charge >= 0.3 is 0 Å². The Morgan fingerprint density at radius 2 is 1.92 bits per heavy atom. The first-order valence-corrected chi connectivity index (χ1v) is 7.91. The molecule has 2 aromatic heterocycles. The molecule has 1 amide bonds. The van der Waals surface area contributed by atoms with E-state index in [1.54, 1.807) is 24.5 Å². The third-order valence-corrected chi connectivity index (χ3v) is 4.16. The summed E-state index contributed by atoms with van der Waals surface area (Å²) in [5, 5.41) is 0. The van der Waals surface area contributed by atoms with Crippen molar-refractivity contribution in [1.82, 2.24) is 19.9 Å². The van der Waals surface area contributed by atoms with Crippen LogP contribution in [0.2, 0.25) is 0 Å². The van der Waals surface area contributed by atoms with Gasteiger partial charge in [0.2, 0.25) is 0 Å². The molecule has 3 heterocycles. The van der Waals surface area contributed by atoms with E-state index in [0.29, 0.717) is 18.7 Å². The zero-order valence-electron chi connectivity index (χ0n) is 13.1. The standard InChI is InChI=1S/C19H16N4O/c24-19(15-7-4-9-20-11-15)23-10-8-17-16(13-23)12-21-18(22-17)14-5-2-1-3-6-14/h1-7,9,11-12H,8,10,13H2. The van der Waals surface area contributed by atoms with E-state index in [1.807, 2.05) is 41.4 Å². The zero-order valence-corrected chi connectivity index (χ0v) is 13.1. The van der Waals surface area contributed by atoms with Gasteiger partial charge in [0.05, 0.1) is 11.3 Å². The third kappa shape index (κ3) is 2.76. The largest absolute Gasteiger partial charge is 0.334 e. The SMILES string of the molecule is O=C(c1cccnc1)N1CCc2nc(-c3ccccc3)ncc2C1. The van der Waals surface area contributed by atoms with Crippen LogP contribution < -0.4 is 0 Å². The second-order valence-electron chi connectivity index (χ2n) is 5.75. The van der Waals surface area contributed by atoms with Gasteiger partial charge in [-0.3, -0.25) is 9.78 Å². The quantitative estimate of drug-likeness (QED) is 0.729. The van der Waals surface area contributed by atoms with E-state index in [4.69, 9.17) is 0 Å². The molecule has 0 unspecified atom stereocenters. The Hall–Kier alpha value is -3.08. The highest BCUT2D eigenvalue weighted by molar-refractivity contribution is 5.94. The first kappa shape index (κ1) is 14.5. The fraction of sp³-hybridized carbons (Fsp3) is 0.158. The van der Waals surface area contributed by atoms with Gasteiger partial charge in [0.1, 0.15) is 0 Å². The van der Waals surface area contributed by atoms with Crippen LogP contribution in [0.15, 0.2) is 61.1 Å². The summed E-state index contributed by atoms with van der Waals surface area (Å²) >= 11 is 0. The molecular formula is C19H16N4O. The fourth-order valence-corrected chi connectivity index (χ4v) is 2.89. The highest BCUT2D eigenvalue weighted by Crippen LogP contribution is 2.21. The molecule has 1 aromatic carbocycles. The third-order valence-electron chi connectivity index (χ3n) is 4.16. The molecule has 0 aliphatic carbocycles. The minimum absolute atomic E-state index is 0.000820. The number of aromatic nitrogens is 3. The normalized spacial score (nSPS) is 13.4. The summed E-state index contributed by atoms with van der Waals surface area (Å²) in [5.41, 5.74) is 3.66. The average Bonchev–Trinajstić information content (AvgIpc) is 2.68. The minimum Gasteiger partial charge on any atom is -0.334 e. The van der Waals surface area contributed by atoms with Gasteiger partial charge in [-0.25, -0.2) is 9.97 Å². The summed E-state index contributed by atoms with van der Waals surface area (Å²) in [5.74, 6) is 0.738. The fourth-order valence-electron chi connectivity index (χ4n) is 2.89. The Kier molecular flexibility index (Phi) is 3.75. The Bertz CT molecular complexity index is 865. The Morgan fingerprint density at radius 1 is 1.04 bits per heavy atom. The average molecular weight is 316 g/mol. The number of benzene rings is 1. The molecule has 0 N–H and O–H groups in total. The summed E-state index contributed by atoms with van der Waals surface area (Å²) in [4.78, 5) is 27.5. The lowest BCUT2D eigenvalue weighted by molar-refractivity contribution is 0.0733. The van der Waals surface area contributed by atoms with Crippen LogP contribution in [0.4, 0.5) is 0 Å². The van der Waals surface area contributed by atoms with Gasteiger partial charge in [-0.05, 0) is 12.1 Å². The van der Waals surface area contributed by atoms with Crippen LogP contribution in [0, 0.1) is 0 Å². The van der Waals surface area contributed by atoms with Crippen molar-refractivity contribution >= 4 is 5.91 Å². The highest BCUT2D eigenvalue weighted by Gasteiger charge is 2.23. The number of carbonyl (C=O) groups is 1. The van der Waals surface area contributed by atoms with Crippen molar-refractivity contribution in [2.75, 3.05) is 6.54 Å². The maximum Gasteiger partial charge on any atom is 0.255 e. The van der Waals surface area contributed by atoms with Crippen molar-refractivity contribution < 1.29 is 4.79 Å². The van der Waals surface area contributed by atoms with Crippen molar-refractivity contribution in [2.45, 2.75) is 13.0 Å². The number of pyridine rings is 1. The van der Waals surface area contributed by atoms with Crippen LogP contribution in [0.5, 0.6) is 0 Å². The second kappa shape index (κ2) is 6.20. The zero-order chi connectivity index (χ0) is 16.4. The molecule has 0 bridgehead atoms. The maximum absolute atomic E-state index is 12.5. The van der Waals surface area contributed by atoms with Gasteiger partial charge < -0.3 is 4.90 Å². The molecule has 0 radical (unpaired) electrons. The van der Waals surface area contributed by atoms with Crippen LogP contribution >= 0.6 is 0 Å². The smallest absolute Gasteiger partial charge is 0.255 e. The number of hydrogen-bond acceptors (Lipinski definition) is 4. The predicted molar refractivity (Wildman–Crippen MR) is 90.1 cm³/mol. The number of fused-ring (bicyclic) bond motifs is 1. The molecule has 5 heteroatoms. The van der Waals surface area contributed by atoms with Gasteiger partial charge in [0.15, 0.2) is 5.82 Å². The number of amides is 1. The Labute approximate surface area is 140 Å². The van der Waals surface area contributed by atoms with Crippen molar-refractivity contribution in [3.05, 3.63) is 77.9 Å². The lowest BCUT2D eigenvalue weighted by Gasteiger charge is -2.28. The van der Waals surface area contributed by atoms with Gasteiger partial charge in [0, 0.05) is 49.2 Å². The predicted octanol–water partition coefficient (Wildman–Crippen LogP) is 2.74. The van der Waals surface area contributed by atoms with Crippen LogP contribution in [0.1, 0.15) is 21.6 Å². The van der Waals surface area contributed by atoms with Gasteiger partial charge in [-0.2, -0.15) is 0 Å². The first-order chi connectivity index (χ1) is 11.8. The molecule has 24 heavy (non-hydrogen) atoms. The van der Waals surface area contributed by atoms with Crippen LogP contribution in [0.3, 0.4) is 0 Å². The summed E-state index contributed by atoms with van der Waals surface area (Å²) in [6.07, 6.45) is 5.85. The van der Waals surface area contributed by atoms with E-state index in [1.165, 1.54) is 0 Å².